The van der Waals surface area contributed by atoms with Crippen LogP contribution in [0.2, 0.25) is 5.02 Å². The average Bonchev–Trinajstić information content (AvgIpc) is 3.23. The lowest BCUT2D eigenvalue weighted by Gasteiger charge is -2.54. The standard InChI is InChI=1S/C26H36ClFN4.C8H16FN/c1-7-16(5)21-19(27)12-18-23(22(21)28)30-20(8-2)31-25(18)32-14-26(11-9-10-17(32)6)13-29-24(26)15(3)4;1-3-8-5-7(9)6-10(8)4-2/h7,12,15,17,24,29H,8-11,13-14H2,1-6H3;7-8H,3-6H2,1-2H3/b16-7+;. The van der Waals surface area contributed by atoms with E-state index < -0.39 is 6.17 Å². The van der Waals surface area contributed by atoms with Gasteiger partial charge in [0.1, 0.15) is 23.3 Å². The van der Waals surface area contributed by atoms with Crippen LogP contribution in [-0.2, 0) is 6.42 Å². The minimum Gasteiger partial charge on any atom is -0.353 e. The van der Waals surface area contributed by atoms with Crippen molar-refractivity contribution in [2.24, 2.45) is 11.3 Å². The summed E-state index contributed by atoms with van der Waals surface area (Å²) in [5.74, 6) is 1.74. The summed E-state index contributed by atoms with van der Waals surface area (Å²) in [7, 11) is 0. The number of hydrogen-bond acceptors (Lipinski definition) is 5. The smallest absolute Gasteiger partial charge is 0.158 e. The molecule has 5 rings (SSSR count). The fraction of sp³-hybridized carbons (Fsp3) is 0.706. The van der Waals surface area contributed by atoms with Gasteiger partial charge in [0.25, 0.3) is 0 Å². The van der Waals surface area contributed by atoms with E-state index in [-0.39, 0.29) is 11.2 Å². The van der Waals surface area contributed by atoms with E-state index in [1.54, 1.807) is 0 Å². The van der Waals surface area contributed by atoms with Gasteiger partial charge in [-0.25, -0.2) is 18.7 Å². The predicted molar refractivity (Wildman–Crippen MR) is 174 cm³/mol. The Morgan fingerprint density at radius 3 is 2.55 bits per heavy atom. The molecular weight excluding hydrogens is 552 g/mol. The van der Waals surface area contributed by atoms with E-state index in [4.69, 9.17) is 16.6 Å². The second kappa shape index (κ2) is 13.9. The van der Waals surface area contributed by atoms with E-state index in [0.29, 0.717) is 58.9 Å². The highest BCUT2D eigenvalue weighted by atomic mass is 35.5. The topological polar surface area (TPSA) is 44.3 Å². The molecule has 3 aliphatic rings. The van der Waals surface area contributed by atoms with Gasteiger partial charge in [-0.2, -0.15) is 0 Å². The Balaban J connectivity index is 0.000000343. The van der Waals surface area contributed by atoms with Gasteiger partial charge in [-0.3, -0.25) is 4.90 Å². The monoisotopic (exact) mass is 603 g/mol. The van der Waals surface area contributed by atoms with Gasteiger partial charge in [-0.15, -0.1) is 0 Å². The second-order valence-corrected chi connectivity index (χ2v) is 13.5. The molecule has 3 fully saturated rings. The number of hydrogen-bond donors (Lipinski definition) is 1. The van der Waals surface area contributed by atoms with E-state index in [2.05, 4.69) is 54.7 Å². The van der Waals surface area contributed by atoms with Crippen LogP contribution in [0, 0.1) is 17.2 Å². The minimum atomic E-state index is -0.565. The third kappa shape index (κ3) is 6.49. The Morgan fingerprint density at radius 1 is 1.26 bits per heavy atom. The fourth-order valence-electron chi connectivity index (χ4n) is 7.46. The van der Waals surface area contributed by atoms with Gasteiger partial charge in [0.2, 0.25) is 0 Å². The molecule has 1 aromatic heterocycles. The first-order valence-corrected chi connectivity index (χ1v) is 16.6. The Morgan fingerprint density at radius 2 is 2.00 bits per heavy atom. The quantitative estimate of drug-likeness (QED) is 0.360. The maximum atomic E-state index is 15.8. The number of likely N-dealkylation sites (tertiary alicyclic amines) is 1. The van der Waals surface area contributed by atoms with E-state index in [1.165, 1.54) is 12.8 Å². The van der Waals surface area contributed by atoms with Crippen LogP contribution in [0.3, 0.4) is 0 Å². The summed E-state index contributed by atoms with van der Waals surface area (Å²) in [5.41, 5.74) is 1.86. The molecule has 0 amide bonds. The van der Waals surface area contributed by atoms with Crippen LogP contribution in [0.25, 0.3) is 16.5 Å². The van der Waals surface area contributed by atoms with Crippen LogP contribution in [0.5, 0.6) is 0 Å². The zero-order valence-corrected chi connectivity index (χ0v) is 27.8. The number of aromatic nitrogens is 2. The number of alkyl halides is 1. The fourth-order valence-corrected chi connectivity index (χ4v) is 7.80. The van der Waals surface area contributed by atoms with E-state index in [1.807, 2.05) is 32.9 Å². The highest BCUT2D eigenvalue weighted by molar-refractivity contribution is 6.33. The first-order chi connectivity index (χ1) is 20.0. The highest BCUT2D eigenvalue weighted by Gasteiger charge is 2.50. The molecule has 5 unspecified atom stereocenters. The summed E-state index contributed by atoms with van der Waals surface area (Å²) in [4.78, 5) is 14.2. The van der Waals surface area contributed by atoms with Gasteiger partial charge < -0.3 is 10.2 Å². The van der Waals surface area contributed by atoms with E-state index in [0.717, 1.165) is 55.7 Å². The Labute approximate surface area is 257 Å². The van der Waals surface area contributed by atoms with Crippen molar-refractivity contribution in [1.29, 1.82) is 0 Å². The van der Waals surface area contributed by atoms with Gasteiger partial charge in [-0.05, 0) is 70.6 Å². The van der Waals surface area contributed by atoms with Crippen molar-refractivity contribution in [2.75, 3.05) is 31.1 Å². The van der Waals surface area contributed by atoms with E-state index >= 15 is 4.39 Å². The third-order valence-corrected chi connectivity index (χ3v) is 10.3. The van der Waals surface area contributed by atoms with Crippen molar-refractivity contribution in [3.05, 3.63) is 34.4 Å². The third-order valence-electron chi connectivity index (χ3n) is 9.99. The molecule has 1 spiro atoms. The molecule has 0 bridgehead atoms. The average molecular weight is 604 g/mol. The second-order valence-electron chi connectivity index (χ2n) is 13.0. The SMILES string of the molecule is C/C=C(\C)c1c(Cl)cc2c(N3CC4(CCCC3C)CNC4C(C)C)nc(CC)nc2c1F.CCC1CC(F)CN1CC. The molecule has 8 heteroatoms. The molecule has 3 saturated heterocycles. The number of nitrogens with one attached hydrogen (secondary N) is 1. The lowest BCUT2D eigenvalue weighted by molar-refractivity contribution is 0.0489. The Hall–Kier alpha value is -1.83. The molecule has 4 heterocycles. The molecule has 0 aliphatic carbocycles. The summed E-state index contributed by atoms with van der Waals surface area (Å²) >= 11 is 6.63. The first-order valence-electron chi connectivity index (χ1n) is 16.2. The largest absolute Gasteiger partial charge is 0.353 e. The summed E-state index contributed by atoms with van der Waals surface area (Å²) in [6, 6.07) is 3.21. The number of benzene rings is 1. The summed E-state index contributed by atoms with van der Waals surface area (Å²) < 4.78 is 28.5. The summed E-state index contributed by atoms with van der Waals surface area (Å²) in [5, 5.41) is 4.81. The molecular formula is C34H52ClF2N5. The zero-order valence-electron chi connectivity index (χ0n) is 27.0. The lowest BCUT2D eigenvalue weighted by atomic mass is 9.66. The number of halogens is 3. The van der Waals surface area contributed by atoms with Crippen molar-refractivity contribution in [3.63, 3.8) is 0 Å². The van der Waals surface area contributed by atoms with Crippen molar-refractivity contribution < 1.29 is 8.78 Å². The molecule has 42 heavy (non-hydrogen) atoms. The van der Waals surface area contributed by atoms with Crippen molar-refractivity contribution in [3.8, 4) is 0 Å². The van der Waals surface area contributed by atoms with Crippen LogP contribution >= 0.6 is 11.6 Å². The molecule has 2 aromatic rings. The zero-order chi connectivity index (χ0) is 30.8. The summed E-state index contributed by atoms with van der Waals surface area (Å²) in [6.07, 6.45) is 7.34. The Bertz CT molecular complexity index is 1250. The van der Waals surface area contributed by atoms with Gasteiger partial charge in [0, 0.05) is 60.5 Å². The number of allylic oxidation sites excluding steroid dienone is 2. The molecule has 234 valence electrons. The molecule has 0 radical (unpaired) electrons. The van der Waals surface area contributed by atoms with Crippen molar-refractivity contribution in [1.82, 2.24) is 20.2 Å². The van der Waals surface area contributed by atoms with Crippen LogP contribution in [0.1, 0.15) is 98.9 Å². The number of aryl methyl sites for hydroxylation is 1. The maximum absolute atomic E-state index is 15.8. The number of rotatable bonds is 6. The normalized spacial score (nSPS) is 28.7. The number of nitrogens with zero attached hydrogens (tertiary/aromatic N) is 4. The molecule has 5 nitrogen and oxygen atoms in total. The first kappa shape index (κ1) is 33.1. The van der Waals surface area contributed by atoms with Gasteiger partial charge in [-0.1, -0.05) is 58.7 Å². The van der Waals surface area contributed by atoms with Gasteiger partial charge >= 0.3 is 0 Å². The highest BCUT2D eigenvalue weighted by Crippen LogP contribution is 2.45. The summed E-state index contributed by atoms with van der Waals surface area (Å²) in [6.45, 7) is 20.5. The number of anilines is 1. The molecule has 1 aromatic carbocycles. The minimum absolute atomic E-state index is 0.229. The molecule has 5 atom stereocenters. The molecule has 0 saturated carbocycles. The van der Waals surface area contributed by atoms with Crippen LogP contribution in [0.15, 0.2) is 12.1 Å². The van der Waals surface area contributed by atoms with Crippen LogP contribution in [0.4, 0.5) is 14.6 Å². The predicted octanol–water partition coefficient (Wildman–Crippen LogP) is 8.23. The van der Waals surface area contributed by atoms with Crippen molar-refractivity contribution >= 4 is 33.9 Å². The molecule has 3 aliphatic heterocycles. The Kier molecular flexibility index (Phi) is 10.9. The van der Waals surface area contributed by atoms with E-state index in [9.17, 15) is 4.39 Å². The number of fused-ring (bicyclic) bond motifs is 1. The van der Waals surface area contributed by atoms with Crippen molar-refractivity contribution in [2.45, 2.75) is 118 Å². The van der Waals surface area contributed by atoms with Gasteiger partial charge in [0.05, 0.1) is 5.02 Å². The van der Waals surface area contributed by atoms with Crippen LogP contribution < -0.4 is 10.2 Å². The lowest BCUT2D eigenvalue weighted by Crippen LogP contribution is -2.68. The van der Waals surface area contributed by atoms with Gasteiger partial charge in [0.15, 0.2) is 5.82 Å². The van der Waals surface area contributed by atoms with Crippen LogP contribution in [-0.4, -0.2) is 65.3 Å². The molecule has 1 N–H and O–H groups in total. The maximum Gasteiger partial charge on any atom is 0.158 e.